The lowest BCUT2D eigenvalue weighted by Gasteiger charge is -2.18. The van der Waals surface area contributed by atoms with Gasteiger partial charge in [0.25, 0.3) is 5.56 Å². The lowest BCUT2D eigenvalue weighted by molar-refractivity contribution is 0.398. The normalized spacial score (nSPS) is 14.6. The van der Waals surface area contributed by atoms with Gasteiger partial charge in [-0.25, -0.2) is 15.0 Å². The Morgan fingerprint density at radius 2 is 1.96 bits per heavy atom. The van der Waals surface area contributed by atoms with Crippen molar-refractivity contribution >= 4 is 17.1 Å². The van der Waals surface area contributed by atoms with Crippen LogP contribution in [-0.4, -0.2) is 38.7 Å². The van der Waals surface area contributed by atoms with Crippen LogP contribution in [0.2, 0.25) is 0 Å². The van der Waals surface area contributed by atoms with Crippen LogP contribution in [0.25, 0.3) is 22.4 Å². The van der Waals surface area contributed by atoms with Gasteiger partial charge in [0.1, 0.15) is 11.2 Å². The largest absolute Gasteiger partial charge is 0.481 e. The Hall–Kier alpha value is -3.03. The van der Waals surface area contributed by atoms with Gasteiger partial charge in [-0.05, 0) is 25.8 Å². The first-order chi connectivity index (χ1) is 13.1. The number of rotatable bonds is 4. The van der Waals surface area contributed by atoms with E-state index in [0.29, 0.717) is 34.2 Å². The van der Waals surface area contributed by atoms with Crippen LogP contribution in [-0.2, 0) is 0 Å². The number of nitrogens with zero attached hydrogens (tertiary/aromatic N) is 5. The molecule has 1 N–H and O–H groups in total. The molecule has 0 spiro atoms. The molecule has 0 atom stereocenters. The lowest BCUT2D eigenvalue weighted by Crippen LogP contribution is -2.28. The summed E-state index contributed by atoms with van der Waals surface area (Å²) in [5.41, 5.74) is 2.86. The molecule has 8 heteroatoms. The van der Waals surface area contributed by atoms with E-state index < -0.39 is 0 Å². The molecular formula is C19H22N6O2. The summed E-state index contributed by atoms with van der Waals surface area (Å²) in [5, 5.41) is 2.97. The molecular weight excluding hydrogens is 344 g/mol. The molecule has 3 aromatic rings. The Bertz CT molecular complexity index is 1040. The molecule has 3 heterocycles. The van der Waals surface area contributed by atoms with Crippen molar-refractivity contribution in [2.45, 2.75) is 38.6 Å². The highest BCUT2D eigenvalue weighted by Crippen LogP contribution is 2.31. The number of aromatic nitrogens is 5. The molecule has 1 aliphatic rings. The second-order valence-corrected chi connectivity index (χ2v) is 6.72. The lowest BCUT2D eigenvalue weighted by atomic mass is 10.1. The van der Waals surface area contributed by atoms with Gasteiger partial charge >= 0.3 is 0 Å². The van der Waals surface area contributed by atoms with Crippen LogP contribution in [0, 0.1) is 6.92 Å². The van der Waals surface area contributed by atoms with E-state index in [-0.39, 0.29) is 11.6 Å². The van der Waals surface area contributed by atoms with Crippen molar-refractivity contribution < 1.29 is 4.74 Å². The standard InChI is InChI=1S/C19H22N6O2/c1-11-15-17(24-19(20-2)22-11)25(13-6-4-5-7-13)18(26)16(23-15)12-8-9-14(27-3)21-10-12/h8-10,13H,4-7H2,1-3H3,(H,20,22,24). The summed E-state index contributed by atoms with van der Waals surface area (Å²) in [6.45, 7) is 1.89. The number of hydrogen-bond donors (Lipinski definition) is 1. The number of nitrogens with one attached hydrogen (secondary N) is 1. The van der Waals surface area contributed by atoms with Crippen molar-refractivity contribution in [1.29, 1.82) is 0 Å². The fourth-order valence-electron chi connectivity index (χ4n) is 3.66. The summed E-state index contributed by atoms with van der Waals surface area (Å²) >= 11 is 0. The third kappa shape index (κ3) is 3.01. The highest BCUT2D eigenvalue weighted by Gasteiger charge is 2.25. The topological polar surface area (TPSA) is 94.8 Å². The third-order valence-electron chi connectivity index (χ3n) is 5.05. The van der Waals surface area contributed by atoms with Crippen LogP contribution in [0.3, 0.4) is 0 Å². The Morgan fingerprint density at radius 1 is 1.19 bits per heavy atom. The molecule has 1 saturated carbocycles. The molecule has 1 fully saturated rings. The van der Waals surface area contributed by atoms with E-state index >= 15 is 0 Å². The Kier molecular flexibility index (Phi) is 4.47. The monoisotopic (exact) mass is 366 g/mol. The van der Waals surface area contributed by atoms with E-state index in [1.165, 1.54) is 0 Å². The predicted octanol–water partition coefficient (Wildman–Crippen LogP) is 2.72. The van der Waals surface area contributed by atoms with Crippen LogP contribution in [0.5, 0.6) is 5.88 Å². The number of anilines is 1. The smallest absolute Gasteiger partial charge is 0.279 e. The molecule has 8 nitrogen and oxygen atoms in total. The molecule has 0 amide bonds. The van der Waals surface area contributed by atoms with Crippen LogP contribution < -0.4 is 15.6 Å². The first kappa shape index (κ1) is 17.4. The summed E-state index contributed by atoms with van der Waals surface area (Å²) in [4.78, 5) is 31.3. The molecule has 0 unspecified atom stereocenters. The minimum absolute atomic E-state index is 0.131. The van der Waals surface area contributed by atoms with E-state index in [2.05, 4.69) is 25.3 Å². The molecule has 1 aliphatic carbocycles. The molecule has 0 aliphatic heterocycles. The number of pyridine rings is 1. The van der Waals surface area contributed by atoms with Crippen molar-refractivity contribution in [2.75, 3.05) is 19.5 Å². The van der Waals surface area contributed by atoms with E-state index in [4.69, 9.17) is 4.74 Å². The second-order valence-electron chi connectivity index (χ2n) is 6.72. The second kappa shape index (κ2) is 6.94. The highest BCUT2D eigenvalue weighted by molar-refractivity contribution is 5.77. The third-order valence-corrected chi connectivity index (χ3v) is 5.05. The molecule has 4 rings (SSSR count). The summed E-state index contributed by atoms with van der Waals surface area (Å²) in [6.07, 6.45) is 5.78. The van der Waals surface area contributed by atoms with Crippen LogP contribution in [0.4, 0.5) is 5.95 Å². The minimum Gasteiger partial charge on any atom is -0.481 e. The summed E-state index contributed by atoms with van der Waals surface area (Å²) in [6, 6.07) is 3.67. The average molecular weight is 366 g/mol. The van der Waals surface area contributed by atoms with Crippen LogP contribution in [0.15, 0.2) is 23.1 Å². The van der Waals surface area contributed by atoms with Gasteiger partial charge in [-0.15, -0.1) is 0 Å². The zero-order valence-electron chi connectivity index (χ0n) is 15.7. The van der Waals surface area contributed by atoms with Crippen molar-refractivity contribution in [3.63, 3.8) is 0 Å². The molecule has 140 valence electrons. The molecule has 27 heavy (non-hydrogen) atoms. The van der Waals surface area contributed by atoms with Gasteiger partial charge in [0.05, 0.1) is 12.8 Å². The predicted molar refractivity (Wildman–Crippen MR) is 103 cm³/mol. The first-order valence-corrected chi connectivity index (χ1v) is 9.11. The Labute approximate surface area is 156 Å². The molecule has 0 aromatic carbocycles. The van der Waals surface area contributed by atoms with Gasteiger partial charge in [0, 0.05) is 30.9 Å². The van der Waals surface area contributed by atoms with Gasteiger partial charge in [0.15, 0.2) is 5.65 Å². The zero-order valence-corrected chi connectivity index (χ0v) is 15.7. The van der Waals surface area contributed by atoms with Crippen molar-refractivity contribution in [2.24, 2.45) is 0 Å². The van der Waals surface area contributed by atoms with Crippen molar-refractivity contribution in [3.8, 4) is 17.1 Å². The molecule has 0 radical (unpaired) electrons. The van der Waals surface area contributed by atoms with E-state index in [1.807, 2.05) is 11.5 Å². The highest BCUT2D eigenvalue weighted by atomic mass is 16.5. The van der Waals surface area contributed by atoms with Crippen molar-refractivity contribution in [3.05, 3.63) is 34.4 Å². The fraction of sp³-hybridized carbons (Fsp3) is 0.421. The summed E-state index contributed by atoms with van der Waals surface area (Å²) < 4.78 is 6.92. The number of fused-ring (bicyclic) bond motifs is 1. The SMILES string of the molecule is CNc1nc(C)c2nc(-c3ccc(OC)nc3)c(=O)n(C3CCCC3)c2n1. The van der Waals surface area contributed by atoms with Gasteiger partial charge in [-0.2, -0.15) is 4.98 Å². The molecule has 3 aromatic heterocycles. The molecule has 0 saturated heterocycles. The van der Waals surface area contributed by atoms with E-state index in [9.17, 15) is 4.79 Å². The Balaban J connectivity index is 2.01. The van der Waals surface area contributed by atoms with E-state index in [0.717, 1.165) is 31.4 Å². The zero-order chi connectivity index (χ0) is 19.0. The maximum Gasteiger partial charge on any atom is 0.279 e. The van der Waals surface area contributed by atoms with E-state index in [1.54, 1.807) is 32.5 Å². The summed E-state index contributed by atoms with van der Waals surface area (Å²) in [5.74, 6) is 0.987. The number of methoxy groups -OCH3 is 1. The van der Waals surface area contributed by atoms with Crippen LogP contribution >= 0.6 is 0 Å². The van der Waals surface area contributed by atoms with Crippen LogP contribution in [0.1, 0.15) is 37.4 Å². The van der Waals surface area contributed by atoms with Gasteiger partial charge in [-0.1, -0.05) is 12.8 Å². The molecule has 0 bridgehead atoms. The number of hydrogen-bond acceptors (Lipinski definition) is 7. The number of ether oxygens (including phenoxy) is 1. The quantitative estimate of drug-likeness (QED) is 0.758. The maximum atomic E-state index is 13.4. The van der Waals surface area contributed by atoms with Gasteiger partial charge in [0.2, 0.25) is 11.8 Å². The Morgan fingerprint density at radius 3 is 2.59 bits per heavy atom. The minimum atomic E-state index is -0.137. The van der Waals surface area contributed by atoms with Crippen molar-refractivity contribution in [1.82, 2.24) is 24.5 Å². The maximum absolute atomic E-state index is 13.4. The first-order valence-electron chi connectivity index (χ1n) is 9.11. The van der Waals surface area contributed by atoms with Gasteiger partial charge < -0.3 is 10.1 Å². The number of aryl methyl sites for hydroxylation is 1. The van der Waals surface area contributed by atoms with Gasteiger partial charge in [-0.3, -0.25) is 9.36 Å². The fourth-order valence-corrected chi connectivity index (χ4v) is 3.66. The average Bonchev–Trinajstić information content (AvgIpc) is 3.21. The summed E-state index contributed by atoms with van der Waals surface area (Å²) in [7, 11) is 3.33.